The van der Waals surface area contributed by atoms with Crippen molar-refractivity contribution in [1.29, 1.82) is 0 Å². The van der Waals surface area contributed by atoms with Crippen LogP contribution in [0.15, 0.2) is 24.3 Å². The molecule has 11 nitrogen and oxygen atoms in total. The van der Waals surface area contributed by atoms with Gasteiger partial charge in [0.05, 0.1) is 12.2 Å². The molecular formula is C19H23N5O6. The lowest BCUT2D eigenvalue weighted by atomic mass is 9.96. The normalized spacial score (nSPS) is 19.0. The Morgan fingerprint density at radius 3 is 2.57 bits per heavy atom. The van der Waals surface area contributed by atoms with Crippen molar-refractivity contribution < 1.29 is 29.4 Å². The van der Waals surface area contributed by atoms with Gasteiger partial charge >= 0.3 is 11.9 Å². The van der Waals surface area contributed by atoms with Crippen LogP contribution in [0.2, 0.25) is 0 Å². The highest BCUT2D eigenvalue weighted by molar-refractivity contribution is 5.88. The van der Waals surface area contributed by atoms with E-state index in [2.05, 4.69) is 20.9 Å². The Morgan fingerprint density at radius 2 is 1.90 bits per heavy atom. The number of amides is 2. The maximum Gasteiger partial charge on any atom is 0.326 e. The van der Waals surface area contributed by atoms with Crippen molar-refractivity contribution in [2.75, 3.05) is 6.54 Å². The number of carbonyl (C=O) groups excluding carboxylic acids is 2. The standard InChI is InChI=1S/C19H23N5O6/c20-8-15(26)21-12(18(27)28)5-6-14(25)24-17-16-10(7-13(23-17)19(29)30)9-3-1-2-4-11(9)22-16/h1-4,12-13,17,22-23H,5-8,20H2,(H,21,26)(H,24,25)(H,27,28)(H,29,30). The van der Waals surface area contributed by atoms with E-state index in [4.69, 9.17) is 5.73 Å². The largest absolute Gasteiger partial charge is 0.480 e. The molecule has 0 radical (unpaired) electrons. The Kier molecular flexibility index (Phi) is 6.33. The molecule has 2 amide bonds. The molecule has 0 fully saturated rings. The molecule has 11 heteroatoms. The quantitative estimate of drug-likeness (QED) is 0.290. The summed E-state index contributed by atoms with van der Waals surface area (Å²) in [5.41, 5.74) is 7.46. The maximum atomic E-state index is 12.5. The third-order valence-corrected chi connectivity index (χ3v) is 4.99. The van der Waals surface area contributed by atoms with Gasteiger partial charge in [0.15, 0.2) is 0 Å². The van der Waals surface area contributed by atoms with E-state index < -0.39 is 42.0 Å². The number of hydrogen-bond donors (Lipinski definition) is 7. The van der Waals surface area contributed by atoms with E-state index in [1.54, 1.807) is 0 Å². The lowest BCUT2D eigenvalue weighted by molar-refractivity contribution is -0.142. The van der Waals surface area contributed by atoms with Gasteiger partial charge in [0.1, 0.15) is 18.2 Å². The van der Waals surface area contributed by atoms with Gasteiger partial charge in [0, 0.05) is 23.7 Å². The first kappa shape index (κ1) is 21.3. The molecule has 1 aromatic heterocycles. The average molecular weight is 417 g/mol. The van der Waals surface area contributed by atoms with Crippen LogP contribution < -0.4 is 21.7 Å². The number of nitrogens with two attached hydrogens (primary N) is 1. The Bertz CT molecular complexity index is 987. The molecule has 8 N–H and O–H groups in total. The number of carboxylic acid groups (broad SMARTS) is 2. The number of fused-ring (bicyclic) bond motifs is 3. The van der Waals surface area contributed by atoms with Crippen molar-refractivity contribution in [2.45, 2.75) is 37.5 Å². The summed E-state index contributed by atoms with van der Waals surface area (Å²) in [4.78, 5) is 49.8. The molecule has 0 saturated heterocycles. The van der Waals surface area contributed by atoms with Crippen LogP contribution in [0.3, 0.4) is 0 Å². The number of para-hydroxylation sites is 1. The zero-order chi connectivity index (χ0) is 21.8. The van der Waals surface area contributed by atoms with Gasteiger partial charge < -0.3 is 31.6 Å². The summed E-state index contributed by atoms with van der Waals surface area (Å²) in [6.07, 6.45) is -0.848. The molecule has 0 saturated carbocycles. The number of rotatable bonds is 8. The van der Waals surface area contributed by atoms with E-state index in [-0.39, 0.29) is 25.8 Å². The highest BCUT2D eigenvalue weighted by Crippen LogP contribution is 2.30. The molecule has 1 aliphatic heterocycles. The third kappa shape index (κ3) is 4.58. The second-order valence-corrected chi connectivity index (χ2v) is 7.03. The van der Waals surface area contributed by atoms with E-state index in [0.29, 0.717) is 5.69 Å². The second kappa shape index (κ2) is 8.93. The van der Waals surface area contributed by atoms with Crippen LogP contribution in [0, 0.1) is 0 Å². The first-order chi connectivity index (χ1) is 14.3. The molecule has 0 spiro atoms. The third-order valence-electron chi connectivity index (χ3n) is 4.99. The number of carbonyl (C=O) groups is 4. The minimum atomic E-state index is -1.27. The molecule has 30 heavy (non-hydrogen) atoms. The number of hydrogen-bond acceptors (Lipinski definition) is 6. The number of carboxylic acids is 2. The fraction of sp³-hybridized carbons (Fsp3) is 0.368. The molecule has 3 atom stereocenters. The molecule has 160 valence electrons. The second-order valence-electron chi connectivity index (χ2n) is 7.03. The molecule has 0 bridgehead atoms. The number of benzene rings is 1. The van der Waals surface area contributed by atoms with Gasteiger partial charge in [-0.2, -0.15) is 0 Å². The highest BCUT2D eigenvalue weighted by atomic mass is 16.4. The van der Waals surface area contributed by atoms with Gasteiger partial charge in [0.25, 0.3) is 0 Å². The average Bonchev–Trinajstić information content (AvgIpc) is 3.09. The van der Waals surface area contributed by atoms with E-state index in [9.17, 15) is 29.4 Å². The number of aliphatic carboxylic acids is 2. The van der Waals surface area contributed by atoms with Crippen LogP contribution >= 0.6 is 0 Å². The van der Waals surface area contributed by atoms with Crippen molar-refractivity contribution in [1.82, 2.24) is 20.9 Å². The molecule has 1 aromatic carbocycles. The summed E-state index contributed by atoms with van der Waals surface area (Å²) in [5, 5.41) is 27.4. The molecule has 3 unspecified atom stereocenters. The Hall–Kier alpha value is -3.44. The first-order valence-corrected chi connectivity index (χ1v) is 9.40. The van der Waals surface area contributed by atoms with Crippen LogP contribution in [0.5, 0.6) is 0 Å². The smallest absolute Gasteiger partial charge is 0.326 e. The predicted octanol–water partition coefficient (Wildman–Crippen LogP) is -0.810. The molecule has 0 aliphatic carbocycles. The summed E-state index contributed by atoms with van der Waals surface area (Å²) in [6, 6.07) is 5.30. The highest BCUT2D eigenvalue weighted by Gasteiger charge is 2.34. The van der Waals surface area contributed by atoms with Gasteiger partial charge in [0.2, 0.25) is 11.8 Å². The van der Waals surface area contributed by atoms with E-state index in [1.165, 1.54) is 0 Å². The SMILES string of the molecule is NCC(=O)NC(CCC(=O)NC1NC(C(=O)O)Cc2c1[nH]c1ccccc21)C(=O)O. The van der Waals surface area contributed by atoms with Crippen LogP contribution in [0.1, 0.15) is 30.3 Å². The summed E-state index contributed by atoms with van der Waals surface area (Å²) >= 11 is 0. The number of aromatic nitrogens is 1. The number of nitrogens with one attached hydrogen (secondary N) is 4. The van der Waals surface area contributed by atoms with Crippen molar-refractivity contribution in [3.8, 4) is 0 Å². The van der Waals surface area contributed by atoms with Gasteiger partial charge in [-0.15, -0.1) is 0 Å². The minimum absolute atomic E-state index is 0.137. The lowest BCUT2D eigenvalue weighted by Crippen LogP contribution is -2.51. The maximum absolute atomic E-state index is 12.5. The Morgan fingerprint density at radius 1 is 1.17 bits per heavy atom. The minimum Gasteiger partial charge on any atom is -0.480 e. The molecule has 2 heterocycles. The Balaban J connectivity index is 1.73. The Labute approximate surface area is 171 Å². The van der Waals surface area contributed by atoms with Crippen LogP contribution in [-0.4, -0.2) is 57.6 Å². The molecule has 3 rings (SSSR count). The zero-order valence-corrected chi connectivity index (χ0v) is 16.0. The molecular weight excluding hydrogens is 394 g/mol. The van der Waals surface area contributed by atoms with Gasteiger partial charge in [-0.25, -0.2) is 4.79 Å². The zero-order valence-electron chi connectivity index (χ0n) is 16.0. The summed E-state index contributed by atoms with van der Waals surface area (Å²) in [6.45, 7) is -0.359. The van der Waals surface area contributed by atoms with E-state index >= 15 is 0 Å². The monoisotopic (exact) mass is 417 g/mol. The van der Waals surface area contributed by atoms with Gasteiger partial charge in [-0.3, -0.25) is 19.7 Å². The number of aromatic amines is 1. The first-order valence-electron chi connectivity index (χ1n) is 9.40. The summed E-state index contributed by atoms with van der Waals surface area (Å²) in [5.74, 6) is -3.44. The van der Waals surface area contributed by atoms with Crippen LogP contribution in [0.4, 0.5) is 0 Å². The van der Waals surface area contributed by atoms with Crippen molar-refractivity contribution in [3.05, 3.63) is 35.5 Å². The fourth-order valence-corrected chi connectivity index (χ4v) is 3.53. The predicted molar refractivity (Wildman–Crippen MR) is 105 cm³/mol. The summed E-state index contributed by atoms with van der Waals surface area (Å²) in [7, 11) is 0. The fourth-order valence-electron chi connectivity index (χ4n) is 3.53. The molecule has 1 aliphatic rings. The number of H-pyrrole nitrogens is 1. The van der Waals surface area contributed by atoms with Crippen molar-refractivity contribution >= 4 is 34.7 Å². The summed E-state index contributed by atoms with van der Waals surface area (Å²) < 4.78 is 0. The van der Waals surface area contributed by atoms with Gasteiger partial charge in [-0.1, -0.05) is 18.2 Å². The lowest BCUT2D eigenvalue weighted by Gasteiger charge is -2.29. The van der Waals surface area contributed by atoms with Crippen molar-refractivity contribution in [3.63, 3.8) is 0 Å². The van der Waals surface area contributed by atoms with Crippen LogP contribution in [0.25, 0.3) is 10.9 Å². The van der Waals surface area contributed by atoms with Gasteiger partial charge in [-0.05, 0) is 18.1 Å². The van der Waals surface area contributed by atoms with E-state index in [0.717, 1.165) is 16.5 Å². The molecule has 2 aromatic rings. The van der Waals surface area contributed by atoms with Crippen LogP contribution in [-0.2, 0) is 25.6 Å². The van der Waals surface area contributed by atoms with E-state index in [1.807, 2.05) is 24.3 Å². The van der Waals surface area contributed by atoms with Crippen molar-refractivity contribution in [2.24, 2.45) is 5.73 Å². The topological polar surface area (TPSA) is 187 Å².